The summed E-state index contributed by atoms with van der Waals surface area (Å²) in [6.45, 7) is 4.10. The fraction of sp³-hybridized carbons (Fsp3) is 0.500. The Labute approximate surface area is 102 Å². The van der Waals surface area contributed by atoms with Crippen molar-refractivity contribution in [1.82, 2.24) is 0 Å². The topological polar surface area (TPSA) is 35.5 Å². The highest BCUT2D eigenvalue weighted by molar-refractivity contribution is 5.99. The summed E-state index contributed by atoms with van der Waals surface area (Å²) in [6, 6.07) is 1.81. The summed E-state index contributed by atoms with van der Waals surface area (Å²) < 4.78 is 10.6. The molecule has 0 spiro atoms. The zero-order valence-electron chi connectivity index (χ0n) is 10.8. The first kappa shape index (κ1) is 12.0. The van der Waals surface area contributed by atoms with Gasteiger partial charge in [-0.3, -0.25) is 4.79 Å². The van der Waals surface area contributed by atoms with Crippen molar-refractivity contribution in [2.24, 2.45) is 5.92 Å². The molecule has 0 amide bonds. The second-order valence-electron chi connectivity index (χ2n) is 4.70. The van der Waals surface area contributed by atoms with Crippen LogP contribution in [-0.4, -0.2) is 20.0 Å². The van der Waals surface area contributed by atoms with Crippen LogP contribution in [0.5, 0.6) is 11.5 Å². The maximum atomic E-state index is 12.0. The molecular weight excluding hydrogens is 216 g/mol. The van der Waals surface area contributed by atoms with Gasteiger partial charge in [0.25, 0.3) is 0 Å². The molecule has 0 saturated carbocycles. The highest BCUT2D eigenvalue weighted by Crippen LogP contribution is 2.39. The summed E-state index contributed by atoms with van der Waals surface area (Å²) in [5.74, 6) is 2.01. The van der Waals surface area contributed by atoms with Crippen LogP contribution < -0.4 is 9.47 Å². The van der Waals surface area contributed by atoms with Crippen molar-refractivity contribution in [3.05, 3.63) is 22.8 Å². The van der Waals surface area contributed by atoms with Crippen molar-refractivity contribution in [2.75, 3.05) is 14.2 Å². The molecule has 17 heavy (non-hydrogen) atoms. The Hall–Kier alpha value is -1.51. The summed E-state index contributed by atoms with van der Waals surface area (Å²) >= 11 is 0. The van der Waals surface area contributed by atoms with Gasteiger partial charge in [0.1, 0.15) is 0 Å². The Kier molecular flexibility index (Phi) is 3.09. The lowest BCUT2D eigenvalue weighted by molar-refractivity contribution is 0.0952. The molecule has 0 unspecified atom stereocenters. The van der Waals surface area contributed by atoms with E-state index in [1.54, 1.807) is 14.2 Å². The zero-order valence-corrected chi connectivity index (χ0v) is 10.8. The van der Waals surface area contributed by atoms with E-state index in [2.05, 4.69) is 6.92 Å². The molecule has 3 heteroatoms. The lowest BCUT2D eigenvalue weighted by Crippen LogP contribution is -2.19. The van der Waals surface area contributed by atoms with Gasteiger partial charge in [-0.05, 0) is 36.5 Å². The van der Waals surface area contributed by atoms with E-state index in [4.69, 9.17) is 9.47 Å². The molecule has 0 fully saturated rings. The maximum Gasteiger partial charge on any atom is 0.163 e. The van der Waals surface area contributed by atoms with Crippen molar-refractivity contribution in [3.63, 3.8) is 0 Å². The predicted octanol–water partition coefficient (Wildman–Crippen LogP) is 2.78. The maximum absolute atomic E-state index is 12.0. The lowest BCUT2D eigenvalue weighted by atomic mass is 9.81. The van der Waals surface area contributed by atoms with Crippen LogP contribution in [0, 0.1) is 12.8 Å². The number of fused-ring (bicyclic) bond motifs is 1. The van der Waals surface area contributed by atoms with Crippen LogP contribution in [0.4, 0.5) is 0 Å². The molecule has 1 atom stereocenters. The van der Waals surface area contributed by atoms with Crippen LogP contribution in [0.25, 0.3) is 0 Å². The molecule has 1 aliphatic rings. The van der Waals surface area contributed by atoms with E-state index in [0.717, 1.165) is 28.9 Å². The Morgan fingerprint density at radius 2 is 1.94 bits per heavy atom. The minimum absolute atomic E-state index is 0.211. The minimum atomic E-state index is 0.211. The van der Waals surface area contributed by atoms with E-state index in [9.17, 15) is 4.79 Å². The summed E-state index contributed by atoms with van der Waals surface area (Å²) in [5, 5.41) is 0. The number of carbonyl (C=O) groups excluding carboxylic acids is 1. The van der Waals surface area contributed by atoms with Crippen molar-refractivity contribution in [3.8, 4) is 11.5 Å². The van der Waals surface area contributed by atoms with Crippen LogP contribution in [0.15, 0.2) is 6.07 Å². The first-order valence-corrected chi connectivity index (χ1v) is 5.86. The normalized spacial score (nSPS) is 18.8. The molecule has 0 N–H and O–H groups in total. The second-order valence-corrected chi connectivity index (χ2v) is 4.70. The lowest BCUT2D eigenvalue weighted by Gasteiger charge is -2.24. The number of ether oxygens (including phenoxy) is 2. The molecule has 1 aromatic carbocycles. The summed E-state index contributed by atoms with van der Waals surface area (Å²) in [7, 11) is 3.23. The zero-order chi connectivity index (χ0) is 12.6. The van der Waals surface area contributed by atoms with Crippen LogP contribution in [0.1, 0.15) is 34.8 Å². The third-order valence-corrected chi connectivity index (χ3v) is 3.43. The van der Waals surface area contributed by atoms with Gasteiger partial charge in [0, 0.05) is 12.0 Å². The van der Waals surface area contributed by atoms with E-state index < -0.39 is 0 Å². The first-order valence-electron chi connectivity index (χ1n) is 5.86. The quantitative estimate of drug-likeness (QED) is 0.789. The van der Waals surface area contributed by atoms with Gasteiger partial charge in [0.15, 0.2) is 17.3 Å². The van der Waals surface area contributed by atoms with E-state index in [-0.39, 0.29) is 5.78 Å². The summed E-state index contributed by atoms with van der Waals surface area (Å²) in [6.07, 6.45) is 1.56. The van der Waals surface area contributed by atoms with E-state index in [0.29, 0.717) is 18.1 Å². The molecule has 0 aliphatic heterocycles. The number of Topliss-reactive ketones (excluding diaryl/α,β-unsaturated/α-hetero) is 1. The number of rotatable bonds is 2. The van der Waals surface area contributed by atoms with Gasteiger partial charge in [0.05, 0.1) is 14.2 Å². The van der Waals surface area contributed by atoms with Crippen LogP contribution >= 0.6 is 0 Å². The van der Waals surface area contributed by atoms with Gasteiger partial charge >= 0.3 is 0 Å². The van der Waals surface area contributed by atoms with Gasteiger partial charge in [-0.15, -0.1) is 0 Å². The average molecular weight is 234 g/mol. The smallest absolute Gasteiger partial charge is 0.163 e. The largest absolute Gasteiger partial charge is 0.493 e. The number of methoxy groups -OCH3 is 2. The number of ketones is 1. The van der Waals surface area contributed by atoms with Gasteiger partial charge in [-0.2, -0.15) is 0 Å². The number of benzene rings is 1. The molecule has 0 bridgehead atoms. The van der Waals surface area contributed by atoms with E-state index >= 15 is 0 Å². The Morgan fingerprint density at radius 3 is 2.53 bits per heavy atom. The standard InChI is InChI=1S/C14H18O3/c1-8-5-10-9(2)14(17-4)13(16-3)7-11(10)12(15)6-8/h7-8H,5-6H2,1-4H3/t8-/m0/s1. The average Bonchev–Trinajstić information content (AvgIpc) is 2.30. The van der Waals surface area contributed by atoms with Crippen LogP contribution in [-0.2, 0) is 6.42 Å². The fourth-order valence-electron chi connectivity index (χ4n) is 2.57. The molecule has 92 valence electrons. The molecule has 3 nitrogen and oxygen atoms in total. The summed E-state index contributed by atoms with van der Waals surface area (Å²) in [5.41, 5.74) is 2.95. The highest BCUT2D eigenvalue weighted by Gasteiger charge is 2.27. The van der Waals surface area contributed by atoms with Gasteiger partial charge in [-0.25, -0.2) is 0 Å². The van der Waals surface area contributed by atoms with Gasteiger partial charge < -0.3 is 9.47 Å². The van der Waals surface area contributed by atoms with Crippen molar-refractivity contribution >= 4 is 5.78 Å². The molecule has 1 aromatic rings. The minimum Gasteiger partial charge on any atom is -0.493 e. The van der Waals surface area contributed by atoms with E-state index in [1.807, 2.05) is 13.0 Å². The number of hydrogen-bond acceptors (Lipinski definition) is 3. The van der Waals surface area contributed by atoms with Gasteiger partial charge in [-0.1, -0.05) is 6.92 Å². The van der Waals surface area contributed by atoms with Gasteiger partial charge in [0.2, 0.25) is 0 Å². The second kappa shape index (κ2) is 4.40. The fourth-order valence-corrected chi connectivity index (χ4v) is 2.57. The first-order chi connectivity index (χ1) is 8.08. The van der Waals surface area contributed by atoms with Crippen LogP contribution in [0.3, 0.4) is 0 Å². The predicted molar refractivity (Wildman–Crippen MR) is 66.1 cm³/mol. The van der Waals surface area contributed by atoms with Crippen LogP contribution in [0.2, 0.25) is 0 Å². The molecular formula is C14H18O3. The number of carbonyl (C=O) groups is 1. The Bertz CT molecular complexity index is 463. The Morgan fingerprint density at radius 1 is 1.24 bits per heavy atom. The number of hydrogen-bond donors (Lipinski definition) is 0. The molecule has 0 aromatic heterocycles. The van der Waals surface area contributed by atoms with Crippen molar-refractivity contribution in [1.29, 1.82) is 0 Å². The summed E-state index contributed by atoms with van der Waals surface area (Å²) in [4.78, 5) is 12.0. The SMILES string of the molecule is COc1cc2c(c(C)c1OC)C[C@H](C)CC2=O. The molecule has 0 radical (unpaired) electrons. The molecule has 0 saturated heterocycles. The third-order valence-electron chi connectivity index (χ3n) is 3.43. The Balaban J connectivity index is 2.64. The third kappa shape index (κ3) is 1.90. The highest BCUT2D eigenvalue weighted by atomic mass is 16.5. The molecule has 0 heterocycles. The monoisotopic (exact) mass is 234 g/mol. The van der Waals surface area contributed by atoms with E-state index in [1.165, 1.54) is 0 Å². The van der Waals surface area contributed by atoms with Crippen molar-refractivity contribution < 1.29 is 14.3 Å². The molecule has 2 rings (SSSR count). The van der Waals surface area contributed by atoms with Crippen molar-refractivity contribution in [2.45, 2.75) is 26.7 Å². The molecule has 1 aliphatic carbocycles.